The Morgan fingerprint density at radius 2 is 1.64 bits per heavy atom. The van der Waals surface area contributed by atoms with Crippen LogP contribution in [0.4, 0.5) is 0 Å². The molecule has 2 aromatic rings. The van der Waals surface area contributed by atoms with E-state index in [1.807, 2.05) is 48.5 Å². The zero-order valence-corrected chi connectivity index (χ0v) is 13.3. The van der Waals surface area contributed by atoms with Crippen molar-refractivity contribution >= 4 is 18.4 Å². The number of carbonyl (C=O) groups is 1. The number of carbonyl (C=O) groups excluding carboxylic acids is 1. The largest absolute Gasteiger partial charge is 0.469 e. The van der Waals surface area contributed by atoms with Gasteiger partial charge in [0.05, 0.1) is 13.5 Å². The van der Waals surface area contributed by atoms with E-state index in [4.69, 9.17) is 0 Å². The molecule has 22 heavy (non-hydrogen) atoms. The van der Waals surface area contributed by atoms with Crippen molar-refractivity contribution in [2.45, 2.75) is 6.42 Å². The summed E-state index contributed by atoms with van der Waals surface area (Å²) in [5.41, 5.74) is 3.71. The van der Waals surface area contributed by atoms with E-state index in [1.165, 1.54) is 7.11 Å². The van der Waals surface area contributed by atoms with Crippen molar-refractivity contribution in [3.63, 3.8) is 0 Å². The van der Waals surface area contributed by atoms with Gasteiger partial charge in [-0.1, -0.05) is 54.5 Å². The minimum Gasteiger partial charge on any atom is -0.469 e. The lowest BCUT2D eigenvalue weighted by Crippen LogP contribution is -2.10. The lowest BCUT2D eigenvalue weighted by molar-refractivity contribution is -0.140. The van der Waals surface area contributed by atoms with E-state index in [0.29, 0.717) is 5.30 Å². The minimum absolute atomic E-state index is 0.0894. The molecule has 0 heterocycles. The molecule has 0 spiro atoms. The van der Waals surface area contributed by atoms with Crippen LogP contribution in [0.3, 0.4) is 0 Å². The molecule has 2 rings (SSSR count). The highest BCUT2D eigenvalue weighted by Gasteiger charge is 2.23. The van der Waals surface area contributed by atoms with Gasteiger partial charge in [-0.2, -0.15) is 0 Å². The quantitative estimate of drug-likeness (QED) is 0.494. The van der Waals surface area contributed by atoms with Gasteiger partial charge in [0.1, 0.15) is 0 Å². The summed E-state index contributed by atoms with van der Waals surface area (Å²) < 4.78 is 17.9. The van der Waals surface area contributed by atoms with Crippen LogP contribution in [0, 0.1) is 11.6 Å². The highest BCUT2D eigenvalue weighted by Crippen LogP contribution is 2.43. The van der Waals surface area contributed by atoms with Crippen molar-refractivity contribution in [1.29, 1.82) is 0 Å². The second-order valence-corrected chi connectivity index (χ2v) is 7.39. The third kappa shape index (κ3) is 4.35. The van der Waals surface area contributed by atoms with Crippen LogP contribution in [0.15, 0.2) is 60.7 Å². The predicted molar refractivity (Wildman–Crippen MR) is 88.5 cm³/mol. The zero-order chi connectivity index (χ0) is 15.8. The topological polar surface area (TPSA) is 43.4 Å². The van der Waals surface area contributed by atoms with Crippen LogP contribution in [0.25, 0.3) is 0 Å². The highest BCUT2D eigenvalue weighted by molar-refractivity contribution is 7.76. The number of ether oxygens (including phenoxy) is 1. The van der Waals surface area contributed by atoms with Gasteiger partial charge in [0, 0.05) is 17.0 Å². The molecule has 0 aliphatic heterocycles. The van der Waals surface area contributed by atoms with Gasteiger partial charge in [-0.05, 0) is 17.8 Å². The van der Waals surface area contributed by atoms with Crippen LogP contribution < -0.4 is 5.30 Å². The molecule has 0 aromatic heterocycles. The van der Waals surface area contributed by atoms with Crippen LogP contribution in [0.2, 0.25) is 0 Å². The van der Waals surface area contributed by atoms with Crippen LogP contribution in [-0.2, 0) is 14.1 Å². The fourth-order valence-electron chi connectivity index (χ4n) is 1.95. The first-order valence-electron chi connectivity index (χ1n) is 6.94. The van der Waals surface area contributed by atoms with Gasteiger partial charge in [0.15, 0.2) is 7.14 Å². The Balaban J connectivity index is 2.32. The Kier molecular flexibility index (Phi) is 5.58. The molecule has 0 saturated carbocycles. The number of hydrogen-bond acceptors (Lipinski definition) is 3. The molecule has 0 N–H and O–H groups in total. The monoisotopic (exact) mass is 312 g/mol. The molecule has 2 aromatic carbocycles. The third-order valence-corrected chi connectivity index (χ3v) is 5.65. The molecule has 0 fully saturated rings. The molecule has 112 valence electrons. The fraction of sp³-hybridized carbons (Fsp3) is 0.167. The molecular weight excluding hydrogens is 295 g/mol. The maximum absolute atomic E-state index is 13.2. The van der Waals surface area contributed by atoms with Crippen LogP contribution >= 0.6 is 7.14 Å². The van der Waals surface area contributed by atoms with E-state index in [2.05, 4.69) is 16.3 Å². The third-order valence-electron chi connectivity index (χ3n) is 3.19. The molecule has 0 radical (unpaired) electrons. The van der Waals surface area contributed by atoms with Crippen molar-refractivity contribution in [2.75, 3.05) is 13.3 Å². The molecule has 1 atom stereocenters. The van der Waals surface area contributed by atoms with Gasteiger partial charge < -0.3 is 9.30 Å². The van der Waals surface area contributed by atoms with E-state index in [0.717, 1.165) is 5.56 Å². The van der Waals surface area contributed by atoms with Crippen LogP contribution in [-0.4, -0.2) is 19.2 Å². The molecular formula is C18H17O3P. The Morgan fingerprint density at radius 1 is 1.05 bits per heavy atom. The molecule has 0 bridgehead atoms. The standard InChI is InChI=1S/C18H17O3P/c1-21-18(19)13-15-22(20,17-10-6-3-7-11-17)14-12-16-8-4-2-5-9-16/h2-11H,13,15H2,1H3. The summed E-state index contributed by atoms with van der Waals surface area (Å²) in [7, 11) is -1.64. The number of rotatable bonds is 4. The Bertz CT molecular complexity index is 727. The Hall–Kier alpha value is -2.30. The summed E-state index contributed by atoms with van der Waals surface area (Å²) in [5.74, 6) is 2.58. The summed E-state index contributed by atoms with van der Waals surface area (Å²) in [5, 5.41) is 0.669. The first-order chi connectivity index (χ1) is 10.6. The van der Waals surface area contributed by atoms with E-state index < -0.39 is 7.14 Å². The van der Waals surface area contributed by atoms with Gasteiger partial charge in [0.25, 0.3) is 0 Å². The van der Waals surface area contributed by atoms with Gasteiger partial charge in [-0.3, -0.25) is 4.79 Å². The summed E-state index contributed by atoms with van der Waals surface area (Å²) in [6.07, 6.45) is 0.273. The SMILES string of the molecule is COC(=O)CCP(=O)(C#Cc1ccccc1)c1ccccc1. The molecule has 0 saturated heterocycles. The van der Waals surface area contributed by atoms with Gasteiger partial charge >= 0.3 is 5.97 Å². The molecule has 0 aliphatic carbocycles. The van der Waals surface area contributed by atoms with Crippen molar-refractivity contribution in [1.82, 2.24) is 0 Å². The number of benzene rings is 2. The second kappa shape index (κ2) is 7.64. The Morgan fingerprint density at radius 3 is 2.23 bits per heavy atom. The zero-order valence-electron chi connectivity index (χ0n) is 12.4. The maximum Gasteiger partial charge on any atom is 0.306 e. The number of methoxy groups -OCH3 is 1. The molecule has 0 aliphatic rings. The minimum atomic E-state index is -2.97. The van der Waals surface area contributed by atoms with Gasteiger partial charge in [-0.25, -0.2) is 0 Å². The molecule has 4 heteroatoms. The van der Waals surface area contributed by atoms with E-state index >= 15 is 0 Å². The summed E-state index contributed by atoms with van der Waals surface area (Å²) in [6.45, 7) is 0. The smallest absolute Gasteiger partial charge is 0.306 e. The van der Waals surface area contributed by atoms with E-state index in [1.54, 1.807) is 12.1 Å². The van der Waals surface area contributed by atoms with Crippen LogP contribution in [0.5, 0.6) is 0 Å². The number of esters is 1. The van der Waals surface area contributed by atoms with Crippen molar-refractivity contribution in [2.24, 2.45) is 0 Å². The van der Waals surface area contributed by atoms with Crippen molar-refractivity contribution in [3.05, 3.63) is 66.2 Å². The summed E-state index contributed by atoms with van der Waals surface area (Å²) >= 11 is 0. The predicted octanol–water partition coefficient (Wildman–Crippen LogP) is 3.25. The second-order valence-electron chi connectivity index (χ2n) is 4.73. The lowest BCUT2D eigenvalue weighted by Gasteiger charge is -2.11. The Labute approximate surface area is 130 Å². The fourth-order valence-corrected chi connectivity index (χ4v) is 3.91. The van der Waals surface area contributed by atoms with E-state index in [-0.39, 0.29) is 18.6 Å². The first kappa shape index (κ1) is 16.1. The molecule has 0 amide bonds. The molecule has 1 unspecified atom stereocenters. The average Bonchev–Trinajstić information content (AvgIpc) is 2.59. The van der Waals surface area contributed by atoms with Crippen LogP contribution in [0.1, 0.15) is 12.0 Å². The average molecular weight is 312 g/mol. The summed E-state index contributed by atoms with van der Waals surface area (Å²) in [4.78, 5) is 11.4. The highest BCUT2D eigenvalue weighted by atomic mass is 31.2. The normalized spacial score (nSPS) is 12.6. The van der Waals surface area contributed by atoms with Gasteiger partial charge in [0.2, 0.25) is 0 Å². The number of hydrogen-bond donors (Lipinski definition) is 0. The lowest BCUT2D eigenvalue weighted by atomic mass is 10.2. The van der Waals surface area contributed by atoms with Crippen molar-refractivity contribution in [3.8, 4) is 11.6 Å². The van der Waals surface area contributed by atoms with E-state index in [9.17, 15) is 9.36 Å². The van der Waals surface area contributed by atoms with Gasteiger partial charge in [-0.15, -0.1) is 0 Å². The van der Waals surface area contributed by atoms with Crippen molar-refractivity contribution < 1.29 is 14.1 Å². The maximum atomic E-state index is 13.2. The summed E-state index contributed by atoms with van der Waals surface area (Å²) in [6, 6.07) is 18.5. The first-order valence-corrected chi connectivity index (χ1v) is 8.83. The molecule has 3 nitrogen and oxygen atoms in total.